The van der Waals surface area contributed by atoms with Gasteiger partial charge in [0.05, 0.1) is 15.6 Å². The number of hydrogen-bond donors (Lipinski definition) is 0. The van der Waals surface area contributed by atoms with Crippen LogP contribution in [-0.2, 0) is 0 Å². The van der Waals surface area contributed by atoms with Crippen molar-refractivity contribution in [2.24, 2.45) is 0 Å². The zero-order valence-electron chi connectivity index (χ0n) is 13.8. The fraction of sp³-hybridized carbons (Fsp3) is 0.562. The summed E-state index contributed by atoms with van der Waals surface area (Å²) in [6, 6.07) is 6.11. The first-order valence-corrected chi connectivity index (χ1v) is 9.24. The average Bonchev–Trinajstić information content (AvgIpc) is 2.27. The van der Waals surface area contributed by atoms with Gasteiger partial charge in [-0.05, 0) is 65.8 Å². The first-order valence-electron chi connectivity index (χ1n) is 6.94. The molecule has 0 bridgehead atoms. The van der Waals surface area contributed by atoms with Crippen molar-refractivity contribution in [3.05, 3.63) is 29.9 Å². The summed E-state index contributed by atoms with van der Waals surface area (Å²) in [5.41, 5.74) is 1.74. The normalized spacial score (nSPS) is 14.1. The quantitative estimate of drug-likeness (QED) is 0.465. The van der Waals surface area contributed by atoms with Crippen LogP contribution < -0.4 is 10.0 Å². The van der Waals surface area contributed by atoms with E-state index in [9.17, 15) is 13.2 Å². The molecule has 0 unspecified atom stereocenters. The molecule has 0 saturated carbocycles. The van der Waals surface area contributed by atoms with Crippen LogP contribution in [0.15, 0.2) is 24.3 Å². The van der Waals surface area contributed by atoms with Crippen LogP contribution in [0.25, 0.3) is 0 Å². The molecule has 1 rings (SSSR count). The summed E-state index contributed by atoms with van der Waals surface area (Å²) < 4.78 is 40.8. The second-order valence-corrected chi connectivity index (χ2v) is 12.6. The lowest BCUT2D eigenvalue weighted by atomic mass is 10.2. The van der Waals surface area contributed by atoms with E-state index in [1.54, 1.807) is 17.8 Å². The van der Waals surface area contributed by atoms with E-state index in [-0.39, 0.29) is 16.1 Å². The highest BCUT2D eigenvalue weighted by Gasteiger charge is 2.52. The van der Waals surface area contributed by atoms with Crippen LogP contribution in [0.4, 0.5) is 13.2 Å². The molecule has 0 atom stereocenters. The van der Waals surface area contributed by atoms with Crippen LogP contribution in [0, 0.1) is 5.62 Å². The Morgan fingerprint density at radius 2 is 1.32 bits per heavy atom. The van der Waals surface area contributed by atoms with E-state index in [0.717, 1.165) is 5.30 Å². The molecule has 1 aromatic rings. The molecule has 1 aromatic carbocycles. The number of rotatable bonds is 3. The maximum atomic E-state index is 12.3. The molecule has 6 heteroatoms. The van der Waals surface area contributed by atoms with Crippen LogP contribution in [0.5, 0.6) is 5.75 Å². The van der Waals surface area contributed by atoms with Gasteiger partial charge in [0, 0.05) is 0 Å². The molecule has 0 spiro atoms. The summed E-state index contributed by atoms with van der Waals surface area (Å²) in [7, 11) is -1.96. The summed E-state index contributed by atoms with van der Waals surface area (Å²) in [5.74, 6) is -0.216. The minimum Gasteiger partial charge on any atom is -0.406 e. The number of ether oxygens (including phenoxy) is 1. The number of hydrogen-bond acceptors (Lipinski definition) is 1. The van der Waals surface area contributed by atoms with E-state index in [4.69, 9.17) is 11.6 Å². The summed E-state index contributed by atoms with van der Waals surface area (Å²) >= 11 is 6.29. The maximum absolute atomic E-state index is 12.3. The van der Waals surface area contributed by atoms with Crippen molar-refractivity contribution in [1.29, 1.82) is 0 Å². The zero-order chi connectivity index (χ0) is 17.4. The van der Waals surface area contributed by atoms with Gasteiger partial charge >= 0.3 is 6.36 Å². The molecular weight excluding hydrogens is 332 g/mol. The third kappa shape index (κ3) is 3.89. The van der Waals surface area contributed by atoms with Crippen molar-refractivity contribution in [2.45, 2.75) is 58.2 Å². The van der Waals surface area contributed by atoms with Gasteiger partial charge in [-0.25, -0.2) is 0 Å². The highest BCUT2D eigenvalue weighted by atomic mass is 35.5. The van der Waals surface area contributed by atoms with Gasteiger partial charge in [-0.15, -0.1) is 13.2 Å². The molecule has 0 aliphatic rings. The van der Waals surface area contributed by atoms with E-state index in [2.05, 4.69) is 46.3 Å². The lowest BCUT2D eigenvalue weighted by Gasteiger charge is -2.52. The van der Waals surface area contributed by atoms with E-state index >= 15 is 0 Å². The Bertz CT molecular complexity index is 484. The predicted molar refractivity (Wildman–Crippen MR) is 89.3 cm³/mol. The average molecular weight is 355 g/mol. The monoisotopic (exact) mass is 354 g/mol. The summed E-state index contributed by atoms with van der Waals surface area (Å²) in [6.45, 7) is 12.7. The van der Waals surface area contributed by atoms with Crippen LogP contribution in [0.1, 0.15) is 41.5 Å². The molecule has 0 amide bonds. The Balaban J connectivity index is 3.34. The van der Waals surface area contributed by atoms with Gasteiger partial charge in [0.25, 0.3) is 0 Å². The summed E-state index contributed by atoms with van der Waals surface area (Å²) in [5, 5.41) is 0.746. The van der Waals surface area contributed by atoms with Gasteiger partial charge in [0.1, 0.15) is 5.75 Å². The Morgan fingerprint density at radius 3 is 1.59 bits per heavy atom. The molecule has 22 heavy (non-hydrogen) atoms. The number of alkyl halides is 3. The highest BCUT2D eigenvalue weighted by Crippen LogP contribution is 2.78. The van der Waals surface area contributed by atoms with Crippen molar-refractivity contribution in [3.8, 4) is 5.75 Å². The van der Waals surface area contributed by atoms with Crippen LogP contribution in [0.3, 0.4) is 0 Å². The van der Waals surface area contributed by atoms with Crippen molar-refractivity contribution in [3.63, 3.8) is 0 Å². The minimum absolute atomic E-state index is 0.112. The van der Waals surface area contributed by atoms with Gasteiger partial charge in [-0.2, -0.15) is 0 Å². The Kier molecular flexibility index (Phi) is 5.52. The molecular formula is C16H23ClF3OP. The van der Waals surface area contributed by atoms with Crippen molar-refractivity contribution in [2.75, 3.05) is 0 Å². The number of halogens is 4. The standard InChI is InChI=1S/C16H23ClF3OP/c1-14(2,3)22(11-17,15(4,5)6)13-9-7-12(8-10-13)21-16(18,19)20/h7-11H,1-6H3. The van der Waals surface area contributed by atoms with Crippen LogP contribution >= 0.6 is 18.9 Å². The third-order valence-corrected chi connectivity index (χ3v) is 10.3. The van der Waals surface area contributed by atoms with Crippen molar-refractivity contribution in [1.82, 2.24) is 0 Å². The van der Waals surface area contributed by atoms with Crippen LogP contribution in [-0.4, -0.2) is 16.7 Å². The molecule has 0 fully saturated rings. The van der Waals surface area contributed by atoms with E-state index < -0.39 is 13.6 Å². The van der Waals surface area contributed by atoms with Gasteiger partial charge in [-0.3, -0.25) is 0 Å². The second kappa shape index (κ2) is 6.20. The maximum Gasteiger partial charge on any atom is 0.573 e. The molecule has 0 aromatic heterocycles. The third-order valence-electron chi connectivity index (χ3n) is 3.74. The second-order valence-electron chi connectivity index (χ2n) is 7.20. The van der Waals surface area contributed by atoms with Crippen molar-refractivity contribution < 1.29 is 17.9 Å². The fourth-order valence-electron chi connectivity index (χ4n) is 3.01. The number of benzene rings is 1. The van der Waals surface area contributed by atoms with Crippen LogP contribution in [0.2, 0.25) is 0 Å². The largest absolute Gasteiger partial charge is 0.573 e. The first kappa shape index (κ1) is 19.6. The molecule has 0 saturated heterocycles. The SMILES string of the molecule is CC(C)(C)[P+]([CH-]Cl)(c1ccc(OC(F)(F)F)cc1)C(C)(C)C. The van der Waals surface area contributed by atoms with Gasteiger partial charge in [0.2, 0.25) is 0 Å². The highest BCUT2D eigenvalue weighted by molar-refractivity contribution is 7.88. The fourth-order valence-corrected chi connectivity index (χ4v) is 9.99. The minimum atomic E-state index is -4.68. The Hall–Kier alpha value is -0.470. The molecule has 126 valence electrons. The van der Waals surface area contributed by atoms with E-state index in [0.29, 0.717) is 0 Å². The van der Waals surface area contributed by atoms with Gasteiger partial charge in [-0.1, -0.05) is 12.9 Å². The molecule has 0 aliphatic carbocycles. The smallest absolute Gasteiger partial charge is 0.406 e. The molecule has 1 nitrogen and oxygen atoms in total. The Morgan fingerprint density at radius 1 is 0.909 bits per heavy atom. The zero-order valence-corrected chi connectivity index (χ0v) is 15.4. The van der Waals surface area contributed by atoms with E-state index in [1.807, 2.05) is 0 Å². The van der Waals surface area contributed by atoms with E-state index in [1.165, 1.54) is 12.1 Å². The van der Waals surface area contributed by atoms with Crippen molar-refractivity contribution >= 4 is 24.2 Å². The predicted octanol–water partition coefficient (Wildman–Crippen LogP) is 6.18. The van der Waals surface area contributed by atoms with Gasteiger partial charge in [0.15, 0.2) is 0 Å². The first-order chi connectivity index (χ1) is 9.74. The topological polar surface area (TPSA) is 9.23 Å². The summed E-state index contributed by atoms with van der Waals surface area (Å²) in [6.07, 6.45) is -4.68. The Labute approximate surface area is 136 Å². The molecule has 0 heterocycles. The summed E-state index contributed by atoms with van der Waals surface area (Å²) in [4.78, 5) is 0. The molecule has 0 aliphatic heterocycles. The van der Waals surface area contributed by atoms with Gasteiger partial charge < -0.3 is 16.3 Å². The molecule has 0 radical (unpaired) electrons. The molecule has 0 N–H and O–H groups in total. The lowest BCUT2D eigenvalue weighted by molar-refractivity contribution is -0.274. The lowest BCUT2D eigenvalue weighted by Crippen LogP contribution is -2.39.